The summed E-state index contributed by atoms with van der Waals surface area (Å²) in [6, 6.07) is 26.8. The van der Waals surface area contributed by atoms with E-state index in [1.54, 1.807) is 49.6 Å². The van der Waals surface area contributed by atoms with Crippen LogP contribution in [0.5, 0.6) is 5.75 Å². The molecule has 1 N–H and O–H groups in total. The van der Waals surface area contributed by atoms with Crippen molar-refractivity contribution < 1.29 is 22.7 Å². The summed E-state index contributed by atoms with van der Waals surface area (Å²) in [7, 11) is -2.68. The number of ether oxygens (including phenoxy) is 1. The Kier molecular flexibility index (Phi) is 11.5. The highest BCUT2D eigenvalue weighted by atomic mass is 35.5. The van der Waals surface area contributed by atoms with Crippen molar-refractivity contribution in [2.24, 2.45) is 0 Å². The SMILES string of the molecule is COc1cccc(CN(C(=O)CN(c2ccc(C)c(Cl)c2)S(=O)(=O)c2ccc(C)cc2)[C@H](Cc2ccccc2)C(=O)NC(C)C)c1. The average molecular weight is 662 g/mol. The molecule has 8 nitrogen and oxygen atoms in total. The van der Waals surface area contributed by atoms with Crippen molar-refractivity contribution in [1.82, 2.24) is 10.2 Å². The molecule has 46 heavy (non-hydrogen) atoms. The fraction of sp³-hybridized carbons (Fsp3) is 0.278. The second kappa shape index (κ2) is 15.3. The van der Waals surface area contributed by atoms with Crippen molar-refractivity contribution in [2.75, 3.05) is 18.0 Å². The lowest BCUT2D eigenvalue weighted by molar-refractivity contribution is -0.140. The Morgan fingerprint density at radius 1 is 0.870 bits per heavy atom. The first-order chi connectivity index (χ1) is 21.9. The lowest BCUT2D eigenvalue weighted by Crippen LogP contribution is -2.54. The normalized spacial score (nSPS) is 12.0. The number of nitrogens with one attached hydrogen (secondary N) is 1. The van der Waals surface area contributed by atoms with Crippen molar-refractivity contribution in [2.45, 2.75) is 57.6 Å². The number of nitrogens with zero attached hydrogens (tertiary/aromatic N) is 2. The molecule has 0 aliphatic carbocycles. The van der Waals surface area contributed by atoms with Crippen LogP contribution in [0.15, 0.2) is 102 Å². The van der Waals surface area contributed by atoms with Crippen molar-refractivity contribution in [1.29, 1.82) is 0 Å². The third-order valence-electron chi connectivity index (χ3n) is 7.52. The Bertz CT molecular complexity index is 1760. The molecular weight excluding hydrogens is 622 g/mol. The minimum absolute atomic E-state index is 0.0281. The number of anilines is 1. The van der Waals surface area contributed by atoms with Gasteiger partial charge in [-0.25, -0.2) is 8.42 Å². The summed E-state index contributed by atoms with van der Waals surface area (Å²) in [6.45, 7) is 6.84. The number of hydrogen-bond donors (Lipinski definition) is 1. The lowest BCUT2D eigenvalue weighted by atomic mass is 10.0. The molecule has 2 amide bonds. The van der Waals surface area contributed by atoms with E-state index in [2.05, 4.69) is 5.32 Å². The van der Waals surface area contributed by atoms with E-state index in [1.807, 2.05) is 64.1 Å². The number of sulfonamides is 1. The number of amides is 2. The molecule has 0 heterocycles. The third-order valence-corrected chi connectivity index (χ3v) is 9.72. The molecule has 0 fully saturated rings. The highest BCUT2D eigenvalue weighted by molar-refractivity contribution is 7.92. The largest absolute Gasteiger partial charge is 0.497 e. The van der Waals surface area contributed by atoms with Crippen LogP contribution < -0.4 is 14.4 Å². The van der Waals surface area contributed by atoms with Crippen molar-refractivity contribution in [3.63, 3.8) is 0 Å². The first kappa shape index (κ1) is 34.5. The predicted octanol–water partition coefficient (Wildman–Crippen LogP) is 6.33. The number of methoxy groups -OCH3 is 1. The summed E-state index contributed by atoms with van der Waals surface area (Å²) in [6.07, 6.45) is 0.218. The zero-order valence-corrected chi connectivity index (χ0v) is 28.3. The maximum absolute atomic E-state index is 14.6. The molecule has 0 aliphatic rings. The molecule has 10 heteroatoms. The van der Waals surface area contributed by atoms with E-state index in [4.69, 9.17) is 16.3 Å². The predicted molar refractivity (Wildman–Crippen MR) is 183 cm³/mol. The van der Waals surface area contributed by atoms with Gasteiger partial charge in [0.2, 0.25) is 11.8 Å². The number of rotatable bonds is 13. The number of carbonyl (C=O) groups is 2. The smallest absolute Gasteiger partial charge is 0.264 e. The van der Waals surface area contributed by atoms with Gasteiger partial charge >= 0.3 is 0 Å². The van der Waals surface area contributed by atoms with Gasteiger partial charge in [-0.1, -0.05) is 77.8 Å². The average Bonchev–Trinajstić information content (AvgIpc) is 3.03. The Morgan fingerprint density at radius 3 is 2.17 bits per heavy atom. The van der Waals surface area contributed by atoms with Crippen LogP contribution in [0, 0.1) is 13.8 Å². The molecule has 4 rings (SSSR count). The molecule has 1 atom stereocenters. The lowest BCUT2D eigenvalue weighted by Gasteiger charge is -2.34. The van der Waals surface area contributed by atoms with E-state index in [-0.39, 0.29) is 35.5 Å². The van der Waals surface area contributed by atoms with Gasteiger partial charge in [-0.15, -0.1) is 0 Å². The second-order valence-corrected chi connectivity index (χ2v) is 13.8. The highest BCUT2D eigenvalue weighted by Crippen LogP contribution is 2.29. The van der Waals surface area contributed by atoms with Gasteiger partial charge in [0.1, 0.15) is 18.3 Å². The van der Waals surface area contributed by atoms with Crippen molar-refractivity contribution >= 4 is 39.1 Å². The van der Waals surface area contributed by atoms with E-state index in [9.17, 15) is 18.0 Å². The van der Waals surface area contributed by atoms with E-state index in [0.29, 0.717) is 10.8 Å². The molecule has 0 saturated carbocycles. The van der Waals surface area contributed by atoms with Crippen LogP contribution in [0.4, 0.5) is 5.69 Å². The van der Waals surface area contributed by atoms with Gasteiger partial charge in [0, 0.05) is 24.0 Å². The Morgan fingerprint density at radius 2 is 1.54 bits per heavy atom. The fourth-order valence-electron chi connectivity index (χ4n) is 5.01. The van der Waals surface area contributed by atoms with Gasteiger partial charge in [0.25, 0.3) is 10.0 Å². The molecule has 0 spiro atoms. The Balaban J connectivity index is 1.83. The molecule has 0 radical (unpaired) electrons. The molecule has 0 unspecified atom stereocenters. The Hall–Kier alpha value is -4.34. The second-order valence-electron chi connectivity index (χ2n) is 11.5. The zero-order valence-electron chi connectivity index (χ0n) is 26.7. The third kappa shape index (κ3) is 8.68. The monoisotopic (exact) mass is 661 g/mol. The number of aryl methyl sites for hydroxylation is 2. The van der Waals surface area contributed by atoms with E-state index in [1.165, 1.54) is 23.1 Å². The minimum atomic E-state index is -4.23. The Labute approximate surface area is 277 Å². The molecular formula is C36H40ClN3O5S. The molecule has 242 valence electrons. The van der Waals surface area contributed by atoms with Crippen LogP contribution in [0.1, 0.15) is 36.1 Å². The van der Waals surface area contributed by atoms with Crippen LogP contribution in [0.2, 0.25) is 5.02 Å². The van der Waals surface area contributed by atoms with Gasteiger partial charge < -0.3 is 15.0 Å². The van der Waals surface area contributed by atoms with E-state index >= 15 is 0 Å². The fourth-order valence-corrected chi connectivity index (χ4v) is 6.59. The van der Waals surface area contributed by atoms with Gasteiger partial charge in [-0.3, -0.25) is 13.9 Å². The summed E-state index contributed by atoms with van der Waals surface area (Å²) in [5, 5.41) is 3.32. The van der Waals surface area contributed by atoms with E-state index < -0.39 is 28.5 Å². The summed E-state index contributed by atoms with van der Waals surface area (Å²) in [5.41, 5.74) is 3.46. The summed E-state index contributed by atoms with van der Waals surface area (Å²) >= 11 is 6.46. The standard InChI is InChI=1S/C36H40ClN3O5S/c1-25(2)38-36(42)34(21-28-10-7-6-8-11-28)39(23-29-12-9-13-31(20-29)45-5)35(41)24-40(30-17-16-27(4)33(37)22-30)46(43,44)32-18-14-26(3)15-19-32/h6-20,22,25,34H,21,23-24H2,1-5H3,(H,38,42)/t34-/m1/s1. The van der Waals surface area contributed by atoms with Gasteiger partial charge in [0.05, 0.1) is 17.7 Å². The van der Waals surface area contributed by atoms with Crippen LogP contribution in [-0.4, -0.2) is 50.9 Å². The van der Waals surface area contributed by atoms with Crippen LogP contribution >= 0.6 is 11.6 Å². The molecule has 4 aromatic rings. The van der Waals surface area contributed by atoms with Crippen LogP contribution in [0.25, 0.3) is 0 Å². The minimum Gasteiger partial charge on any atom is -0.497 e. The molecule has 0 aliphatic heterocycles. The van der Waals surface area contributed by atoms with E-state index in [0.717, 1.165) is 26.6 Å². The number of hydrogen-bond acceptors (Lipinski definition) is 5. The highest BCUT2D eigenvalue weighted by Gasteiger charge is 2.35. The molecule has 4 aromatic carbocycles. The van der Waals surface area contributed by atoms with Crippen LogP contribution in [0.3, 0.4) is 0 Å². The number of benzene rings is 4. The molecule has 0 bridgehead atoms. The first-order valence-corrected chi connectivity index (χ1v) is 16.8. The summed E-state index contributed by atoms with van der Waals surface area (Å²) in [4.78, 5) is 29.9. The molecule has 0 saturated heterocycles. The van der Waals surface area contributed by atoms with Crippen molar-refractivity contribution in [3.8, 4) is 5.75 Å². The zero-order chi connectivity index (χ0) is 33.4. The number of halogens is 1. The quantitative estimate of drug-likeness (QED) is 0.181. The number of carbonyl (C=O) groups excluding carboxylic acids is 2. The van der Waals surface area contributed by atoms with Crippen molar-refractivity contribution in [3.05, 3.63) is 124 Å². The summed E-state index contributed by atoms with van der Waals surface area (Å²) in [5.74, 6) is -0.314. The van der Waals surface area contributed by atoms with Gasteiger partial charge in [0.15, 0.2) is 0 Å². The maximum Gasteiger partial charge on any atom is 0.264 e. The topological polar surface area (TPSA) is 96.0 Å². The van der Waals surface area contributed by atoms with Crippen LogP contribution in [-0.2, 0) is 32.6 Å². The summed E-state index contributed by atoms with van der Waals surface area (Å²) < 4.78 is 34.9. The first-order valence-electron chi connectivity index (χ1n) is 15.0. The molecule has 0 aromatic heterocycles. The maximum atomic E-state index is 14.6. The van der Waals surface area contributed by atoms with Gasteiger partial charge in [-0.2, -0.15) is 0 Å². The van der Waals surface area contributed by atoms with Gasteiger partial charge in [-0.05, 0) is 80.8 Å².